The number of carbonyl (C=O) groups is 1. The van der Waals surface area contributed by atoms with Crippen LogP contribution in [0, 0.1) is 5.41 Å². The molecule has 2 atom stereocenters. The molecule has 1 saturated heterocycles. The Bertz CT molecular complexity index is 1040. The van der Waals surface area contributed by atoms with Crippen LogP contribution in [0.2, 0.25) is 0 Å². The predicted molar refractivity (Wildman–Crippen MR) is 120 cm³/mol. The summed E-state index contributed by atoms with van der Waals surface area (Å²) < 4.78 is 7.36. The van der Waals surface area contributed by atoms with Crippen molar-refractivity contribution in [1.82, 2.24) is 14.7 Å². The molecule has 3 aromatic rings. The molecule has 1 aliphatic heterocycles. The molecule has 1 aromatic heterocycles. The van der Waals surface area contributed by atoms with Gasteiger partial charge in [0.15, 0.2) is 0 Å². The SMILES string of the molecule is COc1ccc(CN2CC[C@H](O)[C@](Cc3ccccc3)(C(=O)O)C2)cc1Cn1cccn1. The number of carboxylic acid groups (broad SMARTS) is 1. The number of aliphatic carboxylic acids is 1. The van der Waals surface area contributed by atoms with Crippen LogP contribution in [0.15, 0.2) is 67.0 Å². The highest BCUT2D eigenvalue weighted by molar-refractivity contribution is 5.76. The lowest BCUT2D eigenvalue weighted by Gasteiger charge is -2.43. The van der Waals surface area contributed by atoms with E-state index < -0.39 is 17.5 Å². The third-order valence-electron chi connectivity index (χ3n) is 6.29. The van der Waals surface area contributed by atoms with Gasteiger partial charge in [-0.05, 0) is 42.2 Å². The first-order valence-electron chi connectivity index (χ1n) is 10.8. The van der Waals surface area contributed by atoms with Crippen molar-refractivity contribution in [2.24, 2.45) is 5.41 Å². The molecule has 0 spiro atoms. The molecular formula is C25H29N3O4. The average Bonchev–Trinajstić information content (AvgIpc) is 3.30. The number of methoxy groups -OCH3 is 1. The monoisotopic (exact) mass is 435 g/mol. The molecule has 168 valence electrons. The van der Waals surface area contributed by atoms with Crippen molar-refractivity contribution in [3.63, 3.8) is 0 Å². The minimum Gasteiger partial charge on any atom is -0.496 e. The highest BCUT2D eigenvalue weighted by Gasteiger charge is 2.49. The largest absolute Gasteiger partial charge is 0.496 e. The number of ether oxygens (including phenoxy) is 1. The van der Waals surface area contributed by atoms with Gasteiger partial charge in [0, 0.05) is 37.6 Å². The molecule has 0 unspecified atom stereocenters. The summed E-state index contributed by atoms with van der Waals surface area (Å²) in [5, 5.41) is 25.2. The molecule has 2 N–H and O–H groups in total. The predicted octanol–water partition coefficient (Wildman–Crippen LogP) is 2.82. The summed E-state index contributed by atoms with van der Waals surface area (Å²) in [7, 11) is 1.65. The number of nitrogens with zero attached hydrogens (tertiary/aromatic N) is 3. The number of hydrogen-bond acceptors (Lipinski definition) is 5. The smallest absolute Gasteiger partial charge is 0.313 e. The van der Waals surface area contributed by atoms with Crippen molar-refractivity contribution in [1.29, 1.82) is 0 Å². The lowest BCUT2D eigenvalue weighted by Crippen LogP contribution is -2.56. The molecular weight excluding hydrogens is 406 g/mol. The second kappa shape index (κ2) is 9.54. The van der Waals surface area contributed by atoms with Crippen molar-refractivity contribution in [2.75, 3.05) is 20.2 Å². The zero-order valence-corrected chi connectivity index (χ0v) is 18.2. The minimum atomic E-state index is -1.23. The number of piperidine rings is 1. The molecule has 0 aliphatic carbocycles. The molecule has 0 amide bonds. The molecule has 0 bridgehead atoms. The molecule has 1 aliphatic rings. The highest BCUT2D eigenvalue weighted by atomic mass is 16.5. The number of likely N-dealkylation sites (tertiary alicyclic amines) is 1. The van der Waals surface area contributed by atoms with E-state index >= 15 is 0 Å². The maximum absolute atomic E-state index is 12.4. The average molecular weight is 436 g/mol. The van der Waals surface area contributed by atoms with E-state index in [1.165, 1.54) is 0 Å². The Balaban J connectivity index is 1.54. The number of aliphatic hydroxyl groups excluding tert-OH is 1. The van der Waals surface area contributed by atoms with Crippen LogP contribution in [0.4, 0.5) is 0 Å². The molecule has 7 heteroatoms. The Kier molecular flexibility index (Phi) is 6.58. The van der Waals surface area contributed by atoms with E-state index in [9.17, 15) is 15.0 Å². The van der Waals surface area contributed by atoms with Gasteiger partial charge in [-0.2, -0.15) is 5.10 Å². The van der Waals surface area contributed by atoms with Gasteiger partial charge in [0.25, 0.3) is 0 Å². The molecule has 32 heavy (non-hydrogen) atoms. The zero-order chi connectivity index (χ0) is 22.6. The van der Waals surface area contributed by atoms with Gasteiger partial charge in [-0.15, -0.1) is 0 Å². The van der Waals surface area contributed by atoms with Gasteiger partial charge in [-0.25, -0.2) is 0 Å². The summed E-state index contributed by atoms with van der Waals surface area (Å²) in [5.74, 6) is -0.157. The fraction of sp³-hybridized carbons (Fsp3) is 0.360. The Morgan fingerprint density at radius 3 is 2.66 bits per heavy atom. The molecule has 2 heterocycles. The summed E-state index contributed by atoms with van der Waals surface area (Å²) in [4.78, 5) is 14.5. The quantitative estimate of drug-likeness (QED) is 0.566. The van der Waals surface area contributed by atoms with Crippen molar-refractivity contribution in [2.45, 2.75) is 32.0 Å². The first-order valence-corrected chi connectivity index (χ1v) is 10.8. The number of benzene rings is 2. The van der Waals surface area contributed by atoms with Crippen molar-refractivity contribution in [3.8, 4) is 5.75 Å². The number of rotatable bonds is 8. The molecule has 7 nitrogen and oxygen atoms in total. The molecule has 2 aromatic carbocycles. The maximum atomic E-state index is 12.4. The fourth-order valence-electron chi connectivity index (χ4n) is 4.60. The van der Waals surface area contributed by atoms with E-state index in [1.54, 1.807) is 13.3 Å². The van der Waals surface area contributed by atoms with Crippen LogP contribution >= 0.6 is 0 Å². The Labute approximate surface area is 187 Å². The number of carboxylic acids is 1. The fourth-order valence-corrected chi connectivity index (χ4v) is 4.60. The van der Waals surface area contributed by atoms with E-state index in [0.717, 1.165) is 22.4 Å². The van der Waals surface area contributed by atoms with Crippen molar-refractivity contribution in [3.05, 3.63) is 83.7 Å². The second-order valence-corrected chi connectivity index (χ2v) is 8.49. The number of hydrogen-bond donors (Lipinski definition) is 2. The second-order valence-electron chi connectivity index (χ2n) is 8.49. The van der Waals surface area contributed by atoms with Gasteiger partial charge in [-0.1, -0.05) is 36.4 Å². The van der Waals surface area contributed by atoms with Crippen LogP contribution in [0.1, 0.15) is 23.1 Å². The third kappa shape index (κ3) is 4.69. The summed E-state index contributed by atoms with van der Waals surface area (Å²) >= 11 is 0. The van der Waals surface area contributed by atoms with E-state index in [0.29, 0.717) is 39.0 Å². The van der Waals surface area contributed by atoms with Gasteiger partial charge < -0.3 is 14.9 Å². The molecule has 4 rings (SSSR count). The van der Waals surface area contributed by atoms with Gasteiger partial charge in [0.2, 0.25) is 0 Å². The van der Waals surface area contributed by atoms with Gasteiger partial charge in [0.1, 0.15) is 11.2 Å². The lowest BCUT2D eigenvalue weighted by molar-refractivity contribution is -0.163. The van der Waals surface area contributed by atoms with Crippen LogP contribution in [-0.2, 0) is 24.3 Å². The summed E-state index contributed by atoms with van der Waals surface area (Å²) in [6, 6.07) is 17.5. The standard InChI is InChI=1S/C25H29N3O4/c1-32-22-9-8-20(14-21(22)17-28-12-5-11-26-28)16-27-13-10-23(29)25(18-27,24(30)31)15-19-6-3-2-4-7-19/h2-9,11-12,14,23,29H,10,13,15-18H2,1H3,(H,30,31)/t23-,25+/m0/s1. The van der Waals surface area contributed by atoms with Crippen LogP contribution in [0.25, 0.3) is 0 Å². The minimum absolute atomic E-state index is 0.291. The van der Waals surface area contributed by atoms with Crippen molar-refractivity contribution >= 4 is 5.97 Å². The van der Waals surface area contributed by atoms with Crippen LogP contribution < -0.4 is 4.74 Å². The highest BCUT2D eigenvalue weighted by Crippen LogP contribution is 2.35. The van der Waals surface area contributed by atoms with E-state index in [2.05, 4.69) is 16.1 Å². The summed E-state index contributed by atoms with van der Waals surface area (Å²) in [5.41, 5.74) is 1.77. The molecule has 1 fully saturated rings. The topological polar surface area (TPSA) is 87.8 Å². The van der Waals surface area contributed by atoms with E-state index in [4.69, 9.17) is 4.74 Å². The number of aliphatic hydroxyl groups is 1. The van der Waals surface area contributed by atoms with Crippen molar-refractivity contribution < 1.29 is 19.7 Å². The van der Waals surface area contributed by atoms with Gasteiger partial charge in [-0.3, -0.25) is 14.4 Å². The van der Waals surface area contributed by atoms with E-state index in [1.807, 2.05) is 59.4 Å². The van der Waals surface area contributed by atoms with Gasteiger partial charge >= 0.3 is 5.97 Å². The summed E-state index contributed by atoms with van der Waals surface area (Å²) in [6.45, 7) is 2.13. The van der Waals surface area contributed by atoms with Gasteiger partial charge in [0.05, 0.1) is 19.8 Å². The number of aromatic nitrogens is 2. The van der Waals surface area contributed by atoms with Crippen LogP contribution in [0.3, 0.4) is 0 Å². The Hall–Kier alpha value is -3.16. The summed E-state index contributed by atoms with van der Waals surface area (Å²) in [6.07, 6.45) is 3.49. The van der Waals surface area contributed by atoms with E-state index in [-0.39, 0.29) is 0 Å². The molecule has 0 radical (unpaired) electrons. The Morgan fingerprint density at radius 2 is 1.97 bits per heavy atom. The molecule has 0 saturated carbocycles. The maximum Gasteiger partial charge on any atom is 0.313 e. The first-order chi connectivity index (χ1) is 15.5. The normalized spacial score (nSPS) is 21.4. The van der Waals surface area contributed by atoms with Crippen LogP contribution in [0.5, 0.6) is 5.75 Å². The zero-order valence-electron chi connectivity index (χ0n) is 18.2. The lowest BCUT2D eigenvalue weighted by atomic mass is 9.72. The first kappa shape index (κ1) is 22.0. The third-order valence-corrected chi connectivity index (χ3v) is 6.29. The Morgan fingerprint density at radius 1 is 1.16 bits per heavy atom. The van der Waals surface area contributed by atoms with Crippen LogP contribution in [-0.4, -0.2) is 57.2 Å².